The molecule has 0 saturated heterocycles. The highest BCUT2D eigenvalue weighted by atomic mass is 35.5. The third kappa shape index (κ3) is 2.83. The second-order valence-corrected chi connectivity index (χ2v) is 6.97. The second-order valence-electron chi connectivity index (χ2n) is 5.42. The fourth-order valence-corrected chi connectivity index (χ4v) is 3.57. The van der Waals surface area contributed by atoms with E-state index in [9.17, 15) is 14.7 Å². The molecule has 1 atom stereocenters. The van der Waals surface area contributed by atoms with Crippen molar-refractivity contribution in [3.63, 3.8) is 0 Å². The number of benzene rings is 1. The molecule has 0 bridgehead atoms. The predicted molar refractivity (Wildman–Crippen MR) is 96.1 cm³/mol. The number of fused-ring (bicyclic) bond motifs is 1. The monoisotopic (exact) mass is 362 g/mol. The van der Waals surface area contributed by atoms with Crippen LogP contribution in [0.2, 0.25) is 5.02 Å². The lowest BCUT2D eigenvalue weighted by Gasteiger charge is -2.16. The third-order valence-electron chi connectivity index (χ3n) is 3.84. The van der Waals surface area contributed by atoms with Crippen LogP contribution in [-0.4, -0.2) is 20.6 Å². The van der Waals surface area contributed by atoms with Gasteiger partial charge in [-0.25, -0.2) is 9.78 Å². The van der Waals surface area contributed by atoms with Gasteiger partial charge in [-0.1, -0.05) is 18.5 Å². The Morgan fingerprint density at radius 2 is 2.04 bits per heavy atom. The van der Waals surface area contributed by atoms with Gasteiger partial charge in [-0.3, -0.25) is 9.36 Å². The van der Waals surface area contributed by atoms with Crippen LogP contribution in [-0.2, 0) is 11.2 Å². The highest BCUT2D eigenvalue weighted by Crippen LogP contribution is 2.27. The van der Waals surface area contributed by atoms with Gasteiger partial charge >= 0.3 is 5.97 Å². The summed E-state index contributed by atoms with van der Waals surface area (Å²) in [4.78, 5) is 30.6. The standard InChI is InChI=1S/C17H15ClN2O3S/c1-3-12-8-13-15(24-12)19-14(10-4-6-11(18)7-5-10)20(16(13)21)9(2)17(22)23/h4-9H,3H2,1-2H3,(H,22,23). The minimum atomic E-state index is -1.08. The molecule has 24 heavy (non-hydrogen) atoms. The van der Waals surface area contributed by atoms with Gasteiger partial charge in [0.15, 0.2) is 0 Å². The van der Waals surface area contributed by atoms with E-state index in [0.29, 0.717) is 26.6 Å². The molecule has 3 rings (SSSR count). The first-order valence-electron chi connectivity index (χ1n) is 7.46. The molecule has 1 N–H and O–H groups in total. The van der Waals surface area contributed by atoms with Gasteiger partial charge in [-0.2, -0.15) is 0 Å². The number of aromatic nitrogens is 2. The Hall–Kier alpha value is -2.18. The van der Waals surface area contributed by atoms with E-state index in [4.69, 9.17) is 11.6 Å². The van der Waals surface area contributed by atoms with Gasteiger partial charge in [0.25, 0.3) is 5.56 Å². The maximum Gasteiger partial charge on any atom is 0.326 e. The smallest absolute Gasteiger partial charge is 0.326 e. The van der Waals surface area contributed by atoms with Crippen molar-refractivity contribution in [2.24, 2.45) is 0 Å². The molecule has 1 unspecified atom stereocenters. The Balaban J connectivity index is 2.36. The lowest BCUT2D eigenvalue weighted by molar-refractivity contribution is -0.140. The number of rotatable bonds is 4. The molecule has 3 aromatic rings. The van der Waals surface area contributed by atoms with Crippen LogP contribution in [0.4, 0.5) is 0 Å². The number of carbonyl (C=O) groups is 1. The molecule has 5 nitrogen and oxygen atoms in total. The highest BCUT2D eigenvalue weighted by molar-refractivity contribution is 7.18. The molecule has 124 valence electrons. The molecular weight excluding hydrogens is 348 g/mol. The van der Waals surface area contributed by atoms with Crippen molar-refractivity contribution in [3.05, 3.63) is 50.6 Å². The summed E-state index contributed by atoms with van der Waals surface area (Å²) in [6, 6.07) is 7.62. The van der Waals surface area contributed by atoms with Crippen LogP contribution in [0.25, 0.3) is 21.6 Å². The summed E-state index contributed by atoms with van der Waals surface area (Å²) in [5.41, 5.74) is 0.314. The summed E-state index contributed by atoms with van der Waals surface area (Å²) in [5, 5.41) is 10.4. The minimum absolute atomic E-state index is 0.337. The average molecular weight is 363 g/mol. The lowest BCUT2D eigenvalue weighted by atomic mass is 10.2. The van der Waals surface area contributed by atoms with Crippen LogP contribution >= 0.6 is 22.9 Å². The SMILES string of the molecule is CCc1cc2c(=O)n(C(C)C(=O)O)c(-c3ccc(Cl)cc3)nc2s1. The van der Waals surface area contributed by atoms with Crippen molar-refractivity contribution < 1.29 is 9.90 Å². The second kappa shape index (κ2) is 6.37. The number of halogens is 1. The molecule has 2 heterocycles. The Bertz CT molecular complexity index is 976. The predicted octanol–water partition coefficient (Wildman–Crippen LogP) is 3.99. The molecule has 2 aromatic heterocycles. The number of thiophene rings is 1. The van der Waals surface area contributed by atoms with E-state index in [1.807, 2.05) is 6.92 Å². The normalized spacial score (nSPS) is 12.5. The minimum Gasteiger partial charge on any atom is -0.480 e. The number of aliphatic carboxylic acids is 1. The van der Waals surface area contributed by atoms with Crippen molar-refractivity contribution in [3.8, 4) is 11.4 Å². The van der Waals surface area contributed by atoms with Crippen LogP contribution in [0.15, 0.2) is 35.1 Å². The summed E-state index contributed by atoms with van der Waals surface area (Å²) < 4.78 is 1.24. The molecule has 0 amide bonds. The molecule has 7 heteroatoms. The number of carboxylic acids is 1. The highest BCUT2D eigenvalue weighted by Gasteiger charge is 2.23. The van der Waals surface area contributed by atoms with Crippen molar-refractivity contribution in [2.75, 3.05) is 0 Å². The van der Waals surface area contributed by atoms with Crippen molar-refractivity contribution in [1.29, 1.82) is 0 Å². The van der Waals surface area contributed by atoms with Crippen LogP contribution < -0.4 is 5.56 Å². The van der Waals surface area contributed by atoms with Crippen LogP contribution in [0.5, 0.6) is 0 Å². The molecule has 0 fully saturated rings. The fourth-order valence-electron chi connectivity index (χ4n) is 2.49. The van der Waals surface area contributed by atoms with Gasteiger partial charge in [0.05, 0.1) is 5.39 Å². The maximum atomic E-state index is 12.9. The molecule has 1 aromatic carbocycles. The van der Waals surface area contributed by atoms with Crippen LogP contribution in [0.1, 0.15) is 24.8 Å². The summed E-state index contributed by atoms with van der Waals surface area (Å²) in [7, 11) is 0. The lowest BCUT2D eigenvalue weighted by Crippen LogP contribution is -2.30. The number of hydrogen-bond acceptors (Lipinski definition) is 4. The summed E-state index contributed by atoms with van der Waals surface area (Å²) in [6.45, 7) is 3.48. The average Bonchev–Trinajstić information content (AvgIpc) is 2.98. The van der Waals surface area contributed by atoms with E-state index < -0.39 is 12.0 Å². The van der Waals surface area contributed by atoms with E-state index in [0.717, 1.165) is 11.3 Å². The zero-order valence-corrected chi connectivity index (χ0v) is 14.7. The number of aryl methyl sites for hydroxylation is 1. The van der Waals surface area contributed by atoms with E-state index >= 15 is 0 Å². The Kier molecular flexibility index (Phi) is 4.43. The van der Waals surface area contributed by atoms with Gasteiger partial charge in [-0.05, 0) is 43.7 Å². The molecule has 0 saturated carbocycles. The van der Waals surface area contributed by atoms with Crippen LogP contribution in [0.3, 0.4) is 0 Å². The van der Waals surface area contributed by atoms with Gasteiger partial charge < -0.3 is 5.11 Å². The zero-order valence-electron chi connectivity index (χ0n) is 13.1. The van der Waals surface area contributed by atoms with E-state index in [1.165, 1.54) is 22.8 Å². The first kappa shape index (κ1) is 16.7. The summed E-state index contributed by atoms with van der Waals surface area (Å²) in [5.74, 6) is -0.747. The van der Waals surface area contributed by atoms with Crippen molar-refractivity contribution in [1.82, 2.24) is 9.55 Å². The fraction of sp³-hybridized carbons (Fsp3) is 0.235. The quantitative estimate of drug-likeness (QED) is 0.761. The molecular formula is C17H15ClN2O3S. The Morgan fingerprint density at radius 3 is 2.62 bits per heavy atom. The van der Waals surface area contributed by atoms with Gasteiger partial charge in [-0.15, -0.1) is 11.3 Å². The van der Waals surface area contributed by atoms with Crippen molar-refractivity contribution in [2.45, 2.75) is 26.3 Å². The third-order valence-corrected chi connectivity index (χ3v) is 5.27. The van der Waals surface area contributed by atoms with Crippen LogP contribution in [0, 0.1) is 0 Å². The largest absolute Gasteiger partial charge is 0.480 e. The maximum absolute atomic E-state index is 12.9. The Labute approximate surface area is 147 Å². The molecule has 0 aliphatic carbocycles. The molecule has 0 radical (unpaired) electrons. The van der Waals surface area contributed by atoms with Crippen molar-refractivity contribution >= 4 is 39.1 Å². The zero-order chi connectivity index (χ0) is 17.4. The van der Waals surface area contributed by atoms with E-state index in [1.54, 1.807) is 30.3 Å². The summed E-state index contributed by atoms with van der Waals surface area (Å²) >= 11 is 7.37. The topological polar surface area (TPSA) is 72.2 Å². The van der Waals surface area contributed by atoms with E-state index in [-0.39, 0.29) is 5.56 Å². The first-order valence-corrected chi connectivity index (χ1v) is 8.65. The first-order chi connectivity index (χ1) is 11.4. The van der Waals surface area contributed by atoms with Gasteiger partial charge in [0, 0.05) is 15.5 Å². The number of nitrogens with zero attached hydrogens (tertiary/aromatic N) is 2. The molecule has 0 aliphatic heterocycles. The molecule has 0 aliphatic rings. The van der Waals surface area contributed by atoms with Gasteiger partial charge in [0.1, 0.15) is 16.7 Å². The molecule has 0 spiro atoms. The summed E-state index contributed by atoms with van der Waals surface area (Å²) in [6.07, 6.45) is 0.797. The number of carboxylic acid groups (broad SMARTS) is 1. The van der Waals surface area contributed by atoms with E-state index in [2.05, 4.69) is 4.98 Å². The van der Waals surface area contributed by atoms with Gasteiger partial charge in [0.2, 0.25) is 0 Å². The number of hydrogen-bond donors (Lipinski definition) is 1. The Morgan fingerprint density at radius 1 is 1.38 bits per heavy atom.